The average Bonchev–Trinajstić information content (AvgIpc) is 4.07. The monoisotopic (exact) mass is 895 g/mol. The van der Waals surface area contributed by atoms with Crippen LogP contribution in [0.1, 0.15) is 62.6 Å². The first-order valence-electron chi connectivity index (χ1n) is 19.7. The predicted molar refractivity (Wildman–Crippen MR) is 228 cm³/mol. The fourth-order valence-corrected chi connectivity index (χ4v) is 10.9. The number of thiazole rings is 1. The summed E-state index contributed by atoms with van der Waals surface area (Å²) >= 11 is 2.76. The summed E-state index contributed by atoms with van der Waals surface area (Å²) in [6, 6.07) is 9.92. The number of likely N-dealkylation sites (tertiary alicyclic amines) is 1. The molecule has 8 rings (SSSR count). The van der Waals surface area contributed by atoms with E-state index in [1.165, 1.54) is 45.8 Å². The summed E-state index contributed by atoms with van der Waals surface area (Å²) in [5.41, 5.74) is -1.48. The Morgan fingerprint density at radius 3 is 2.33 bits per heavy atom. The van der Waals surface area contributed by atoms with Crippen molar-refractivity contribution in [3.63, 3.8) is 0 Å². The van der Waals surface area contributed by atoms with Gasteiger partial charge in [0.15, 0.2) is 11.0 Å². The molecule has 322 valence electrons. The number of nitrogens with zero attached hydrogens (tertiary/aromatic N) is 4. The second kappa shape index (κ2) is 15.3. The molecule has 2 aliphatic carbocycles. The van der Waals surface area contributed by atoms with Gasteiger partial charge in [0, 0.05) is 32.9 Å². The van der Waals surface area contributed by atoms with Crippen LogP contribution in [0.2, 0.25) is 0 Å². The lowest BCUT2D eigenvalue weighted by Gasteiger charge is -2.35. The Kier molecular flexibility index (Phi) is 10.7. The molecule has 2 saturated carbocycles. The number of fused-ring (bicyclic) bond motifs is 3. The maximum atomic E-state index is 14.9. The number of ether oxygens (including phenoxy) is 1. The van der Waals surface area contributed by atoms with Crippen LogP contribution in [0.3, 0.4) is 0 Å². The molecule has 1 aliphatic heterocycles. The van der Waals surface area contributed by atoms with Crippen molar-refractivity contribution < 1.29 is 40.7 Å². The van der Waals surface area contributed by atoms with Crippen LogP contribution in [0.15, 0.2) is 61.2 Å². The molecule has 4 heterocycles. The number of anilines is 1. The highest BCUT2D eigenvalue weighted by molar-refractivity contribution is 7.91. The maximum Gasteiger partial charge on any atom is 0.416 e. The minimum absolute atomic E-state index is 0.0489. The van der Waals surface area contributed by atoms with Crippen LogP contribution < -0.4 is 20.1 Å². The van der Waals surface area contributed by atoms with Crippen molar-refractivity contribution in [1.29, 1.82) is 0 Å². The van der Waals surface area contributed by atoms with Crippen LogP contribution in [-0.2, 0) is 30.6 Å². The van der Waals surface area contributed by atoms with Crippen LogP contribution in [0.5, 0.6) is 5.88 Å². The van der Waals surface area contributed by atoms with Gasteiger partial charge in [-0.3, -0.25) is 19.1 Å². The predicted octanol–water partition coefficient (Wildman–Crippen LogP) is 7.15. The Bertz CT molecular complexity index is 2670. The number of carbonyl (C=O) groups is 3. The number of thiophene rings is 1. The van der Waals surface area contributed by atoms with Gasteiger partial charge < -0.3 is 20.3 Å². The van der Waals surface area contributed by atoms with Gasteiger partial charge in [-0.15, -0.1) is 29.3 Å². The third-order valence-electron chi connectivity index (χ3n) is 11.4. The molecular weight excluding hydrogens is 852 g/mol. The molecule has 1 saturated heterocycles. The van der Waals surface area contributed by atoms with E-state index >= 15 is 0 Å². The molecular formula is C42H44F3N7O6S3. The van der Waals surface area contributed by atoms with Gasteiger partial charge in [-0.2, -0.15) is 18.2 Å². The van der Waals surface area contributed by atoms with Gasteiger partial charge in [-0.05, 0) is 56.7 Å². The first-order chi connectivity index (χ1) is 28.7. The van der Waals surface area contributed by atoms with E-state index in [-0.39, 0.29) is 31.1 Å². The molecule has 61 heavy (non-hydrogen) atoms. The van der Waals surface area contributed by atoms with Crippen LogP contribution in [0.4, 0.5) is 18.3 Å². The van der Waals surface area contributed by atoms with Crippen molar-refractivity contribution in [2.24, 2.45) is 11.3 Å². The van der Waals surface area contributed by atoms with E-state index in [4.69, 9.17) is 14.7 Å². The zero-order valence-electron chi connectivity index (χ0n) is 33.9. The smallest absolute Gasteiger partial charge is 0.416 e. The maximum absolute atomic E-state index is 14.9. The van der Waals surface area contributed by atoms with E-state index < -0.39 is 79.8 Å². The van der Waals surface area contributed by atoms with E-state index in [0.717, 1.165) is 32.8 Å². The fourth-order valence-electron chi connectivity index (χ4n) is 7.61. The molecule has 3 aromatic heterocycles. The summed E-state index contributed by atoms with van der Waals surface area (Å²) in [6.07, 6.45) is -2.97. The van der Waals surface area contributed by atoms with Gasteiger partial charge in [-0.1, -0.05) is 57.2 Å². The normalized spacial score (nSPS) is 22.2. The molecule has 3 amide bonds. The summed E-state index contributed by atoms with van der Waals surface area (Å²) in [6.45, 7) is 13.2. The Morgan fingerprint density at radius 1 is 1.02 bits per heavy atom. The largest absolute Gasteiger partial charge is 0.471 e. The van der Waals surface area contributed by atoms with Crippen molar-refractivity contribution in [3.8, 4) is 17.3 Å². The lowest BCUT2D eigenvalue weighted by molar-refractivity contribution is -0.141. The first-order valence-corrected chi connectivity index (χ1v) is 22.9. The third-order valence-corrected chi connectivity index (χ3v) is 15.4. The number of halogens is 3. The number of amides is 3. The third kappa shape index (κ3) is 8.30. The molecule has 2 aromatic carbocycles. The topological polar surface area (TPSA) is 173 Å². The summed E-state index contributed by atoms with van der Waals surface area (Å²) in [7, 11) is -3.95. The molecule has 3 aliphatic rings. The number of aryl methyl sites for hydroxylation is 2. The standard InChI is InChI=1S/C42H44F3N7O6S3/c1-7-24-19-41(24,38(55)51-61(56,57)27-16-17-27)50-35(53)29-18-26(20-52(29)37(54)33(40(4,5)6)48-39-46-21(2)22(3)59-39)58-36-32-31(28-10-8-9-11-30(28)60-32)47-34(49-36)23-12-14-25(15-13-23)42(43,44)45/h7-15,24,26-27,29,33H,1,16-20H2,2-6H3,(H,46,48)(H,50,53)(H,51,55)/t24-,26-,29+,33-,41-/m1/s1. The zero-order valence-corrected chi connectivity index (χ0v) is 36.4. The minimum Gasteiger partial charge on any atom is -0.471 e. The molecule has 0 radical (unpaired) electrons. The lowest BCUT2D eigenvalue weighted by atomic mass is 9.85. The minimum atomic E-state index is -4.54. The van der Waals surface area contributed by atoms with E-state index in [9.17, 15) is 36.0 Å². The molecule has 5 aromatic rings. The van der Waals surface area contributed by atoms with E-state index in [1.807, 2.05) is 58.9 Å². The number of sulfonamides is 1. The Balaban J connectivity index is 1.15. The summed E-state index contributed by atoms with van der Waals surface area (Å²) in [5, 5.41) is 6.76. The number of rotatable bonds is 12. The van der Waals surface area contributed by atoms with Crippen molar-refractivity contribution in [1.82, 2.24) is 29.9 Å². The summed E-state index contributed by atoms with van der Waals surface area (Å²) in [4.78, 5) is 59.6. The average molecular weight is 896 g/mol. The van der Waals surface area contributed by atoms with E-state index in [1.54, 1.807) is 0 Å². The molecule has 3 N–H and O–H groups in total. The molecule has 13 nitrogen and oxygen atoms in total. The molecule has 0 spiro atoms. The van der Waals surface area contributed by atoms with Crippen LogP contribution in [0, 0.1) is 25.2 Å². The number of alkyl halides is 3. The number of aromatic nitrogens is 3. The SMILES string of the molecule is C=C[C@@H]1C[C@]1(NC(=O)[C@@H]1C[C@@H](Oc2nc(-c3ccc(C(F)(F)F)cc3)nc3c2sc2ccccc23)CN1C(=O)[C@@H](Nc1nc(C)c(C)s1)C(C)(C)C)C(=O)NS(=O)(=O)C1CC1. The Hall–Kier alpha value is -5.14. The Morgan fingerprint density at radius 2 is 1.72 bits per heavy atom. The molecule has 19 heteroatoms. The van der Waals surface area contributed by atoms with Crippen molar-refractivity contribution in [3.05, 3.63) is 77.3 Å². The molecule has 0 unspecified atom stereocenters. The number of nitrogens with one attached hydrogen (secondary N) is 3. The highest BCUT2D eigenvalue weighted by Crippen LogP contribution is 2.46. The van der Waals surface area contributed by atoms with Crippen LogP contribution >= 0.6 is 22.7 Å². The quantitative estimate of drug-likeness (QED) is 0.109. The molecule has 5 atom stereocenters. The van der Waals surface area contributed by atoms with Gasteiger partial charge in [0.1, 0.15) is 28.4 Å². The van der Waals surface area contributed by atoms with E-state index in [2.05, 4.69) is 26.9 Å². The van der Waals surface area contributed by atoms with E-state index in [0.29, 0.717) is 33.8 Å². The summed E-state index contributed by atoms with van der Waals surface area (Å²) < 4.78 is 76.3. The number of benzene rings is 2. The second-order valence-electron chi connectivity index (χ2n) is 17.0. The van der Waals surface area contributed by atoms with Gasteiger partial charge in [-0.25, -0.2) is 18.4 Å². The highest BCUT2D eigenvalue weighted by atomic mass is 32.2. The van der Waals surface area contributed by atoms with Gasteiger partial charge >= 0.3 is 6.18 Å². The number of hydrogen-bond acceptors (Lipinski definition) is 12. The number of hydrogen-bond donors (Lipinski definition) is 3. The van der Waals surface area contributed by atoms with Crippen LogP contribution in [0.25, 0.3) is 31.7 Å². The van der Waals surface area contributed by atoms with Crippen LogP contribution in [-0.4, -0.2) is 81.5 Å². The van der Waals surface area contributed by atoms with Gasteiger partial charge in [0.05, 0.1) is 28.6 Å². The van der Waals surface area contributed by atoms with Gasteiger partial charge in [0.25, 0.3) is 5.91 Å². The Labute approximate surface area is 358 Å². The molecule has 3 fully saturated rings. The van der Waals surface area contributed by atoms with Crippen molar-refractivity contribution >= 4 is 75.9 Å². The van der Waals surface area contributed by atoms with Crippen molar-refractivity contribution in [2.45, 2.75) is 95.5 Å². The molecule has 0 bridgehead atoms. The highest BCUT2D eigenvalue weighted by Gasteiger charge is 2.62. The first kappa shape index (κ1) is 42.5. The fraction of sp³-hybridized carbons (Fsp3) is 0.429. The summed E-state index contributed by atoms with van der Waals surface area (Å²) in [5.74, 6) is -2.31. The number of carbonyl (C=O) groups excluding carboxylic acids is 3. The zero-order chi connectivity index (χ0) is 43.8. The lowest BCUT2D eigenvalue weighted by Crippen LogP contribution is -2.58. The van der Waals surface area contributed by atoms with Gasteiger partial charge in [0.2, 0.25) is 27.7 Å². The van der Waals surface area contributed by atoms with Crippen molar-refractivity contribution in [2.75, 3.05) is 11.9 Å². The second-order valence-corrected chi connectivity index (χ2v) is 21.2.